The Kier molecular flexibility index (Phi) is 10.6. The zero-order valence-electron chi connectivity index (χ0n) is 17.2. The van der Waals surface area contributed by atoms with Crippen LogP contribution in [0.4, 0.5) is 5.69 Å². The third-order valence-electron chi connectivity index (χ3n) is 5.13. The Bertz CT molecular complexity index is 781. The average Bonchev–Trinajstić information content (AvgIpc) is 2.65. The maximum atomic E-state index is 10.4. The van der Waals surface area contributed by atoms with Gasteiger partial charge in [-0.2, -0.15) is 0 Å². The van der Waals surface area contributed by atoms with Gasteiger partial charge < -0.3 is 14.7 Å². The Morgan fingerprint density at radius 1 is 0.966 bits per heavy atom. The summed E-state index contributed by atoms with van der Waals surface area (Å²) < 4.78 is 5.84. The number of hydrogen-bond acceptors (Lipinski definition) is 4. The first-order valence-electron chi connectivity index (χ1n) is 9.54. The quantitative estimate of drug-likeness (QED) is 0.678. The Morgan fingerprint density at radius 2 is 1.62 bits per heavy atom. The molecule has 1 N–H and O–H groups in total. The molecule has 2 aromatic rings. The van der Waals surface area contributed by atoms with Crippen LogP contribution in [0.3, 0.4) is 0 Å². The van der Waals surface area contributed by atoms with Crippen molar-refractivity contribution in [1.29, 1.82) is 0 Å². The Labute approximate surface area is 191 Å². The predicted molar refractivity (Wildman–Crippen MR) is 127 cm³/mol. The minimum Gasteiger partial charge on any atom is -0.491 e. The summed E-state index contributed by atoms with van der Waals surface area (Å²) in [4.78, 5) is 4.67. The van der Waals surface area contributed by atoms with Crippen molar-refractivity contribution in [3.8, 4) is 5.75 Å². The second-order valence-corrected chi connectivity index (χ2v) is 7.89. The van der Waals surface area contributed by atoms with E-state index in [2.05, 4.69) is 28.9 Å². The fourth-order valence-corrected chi connectivity index (χ4v) is 3.66. The molecule has 29 heavy (non-hydrogen) atoms. The van der Waals surface area contributed by atoms with Crippen LogP contribution in [0.5, 0.6) is 5.75 Å². The maximum absolute atomic E-state index is 10.4. The normalized spacial score (nSPS) is 15.3. The standard InChI is InChI=1S/C22H29ClN2O2.2ClH/c1-16-4-5-18(3)22(12-16)27-15-20(26)14-24-8-10-25(11-9-24)21-13-19(23)7-6-17(21)2;;/h4-7,12-13,20,26H,8-11,14-15H2,1-3H3;2*1H. The van der Waals surface area contributed by atoms with Crippen LogP contribution >= 0.6 is 36.4 Å². The second-order valence-electron chi connectivity index (χ2n) is 7.45. The third-order valence-corrected chi connectivity index (χ3v) is 5.36. The molecule has 1 saturated heterocycles. The number of aliphatic hydroxyl groups is 1. The summed E-state index contributed by atoms with van der Waals surface area (Å²) in [5, 5.41) is 11.2. The molecule has 1 fully saturated rings. The SMILES string of the molecule is Cc1ccc(C)c(OCC(O)CN2CCN(c3cc(Cl)ccc3C)CC2)c1.Cl.Cl. The van der Waals surface area contributed by atoms with Gasteiger partial charge in [-0.3, -0.25) is 4.90 Å². The molecule has 0 aliphatic carbocycles. The highest BCUT2D eigenvalue weighted by Gasteiger charge is 2.21. The molecular weight excluding hydrogens is 431 g/mol. The van der Waals surface area contributed by atoms with Crippen LogP contribution in [0, 0.1) is 20.8 Å². The van der Waals surface area contributed by atoms with E-state index in [-0.39, 0.29) is 24.8 Å². The topological polar surface area (TPSA) is 35.9 Å². The van der Waals surface area contributed by atoms with Gasteiger partial charge >= 0.3 is 0 Å². The Morgan fingerprint density at radius 3 is 2.31 bits per heavy atom. The van der Waals surface area contributed by atoms with E-state index < -0.39 is 6.10 Å². The number of aliphatic hydroxyl groups excluding tert-OH is 1. The molecule has 1 atom stereocenters. The van der Waals surface area contributed by atoms with E-state index in [4.69, 9.17) is 16.3 Å². The molecule has 1 unspecified atom stereocenters. The fraction of sp³-hybridized carbons (Fsp3) is 0.455. The van der Waals surface area contributed by atoms with Crippen LogP contribution in [-0.2, 0) is 0 Å². The van der Waals surface area contributed by atoms with Crippen molar-refractivity contribution in [1.82, 2.24) is 4.90 Å². The molecule has 0 radical (unpaired) electrons. The van der Waals surface area contributed by atoms with Crippen molar-refractivity contribution in [2.75, 3.05) is 44.2 Å². The number of β-amino-alcohol motifs (C(OH)–C–C–N with tert-alkyl or cyclic N) is 1. The van der Waals surface area contributed by atoms with Crippen molar-refractivity contribution in [2.24, 2.45) is 0 Å². The van der Waals surface area contributed by atoms with E-state index in [0.717, 1.165) is 48.1 Å². The number of ether oxygens (including phenoxy) is 1. The molecule has 0 bridgehead atoms. The summed E-state index contributed by atoms with van der Waals surface area (Å²) in [5.74, 6) is 0.857. The molecule has 3 rings (SSSR count). The van der Waals surface area contributed by atoms with Gasteiger partial charge in [0.1, 0.15) is 18.5 Å². The van der Waals surface area contributed by atoms with Crippen molar-refractivity contribution < 1.29 is 9.84 Å². The summed E-state index contributed by atoms with van der Waals surface area (Å²) in [6.45, 7) is 10.9. The number of aryl methyl sites for hydroxylation is 3. The van der Waals surface area contributed by atoms with Crippen molar-refractivity contribution in [2.45, 2.75) is 26.9 Å². The van der Waals surface area contributed by atoms with Gasteiger partial charge in [-0.25, -0.2) is 0 Å². The van der Waals surface area contributed by atoms with Crippen molar-refractivity contribution >= 4 is 42.1 Å². The Hall–Kier alpha value is -1.17. The van der Waals surface area contributed by atoms with Crippen LogP contribution in [0.2, 0.25) is 5.02 Å². The summed E-state index contributed by atoms with van der Waals surface area (Å²) in [7, 11) is 0. The first-order valence-corrected chi connectivity index (χ1v) is 9.92. The smallest absolute Gasteiger partial charge is 0.122 e. The molecule has 0 spiro atoms. The predicted octanol–water partition coefficient (Wildman–Crippen LogP) is 4.67. The molecular formula is C22H31Cl3N2O2. The average molecular weight is 462 g/mol. The lowest BCUT2D eigenvalue weighted by Crippen LogP contribution is -2.49. The molecule has 162 valence electrons. The van der Waals surface area contributed by atoms with Gasteiger partial charge in [0, 0.05) is 43.4 Å². The Balaban J connectivity index is 0.00000210. The fourth-order valence-electron chi connectivity index (χ4n) is 3.49. The van der Waals surface area contributed by atoms with E-state index in [1.54, 1.807) is 0 Å². The van der Waals surface area contributed by atoms with E-state index in [1.165, 1.54) is 11.3 Å². The van der Waals surface area contributed by atoms with E-state index in [1.807, 2.05) is 38.1 Å². The zero-order chi connectivity index (χ0) is 19.4. The molecule has 0 aromatic heterocycles. The molecule has 1 heterocycles. The van der Waals surface area contributed by atoms with Gasteiger partial charge in [-0.05, 0) is 55.7 Å². The number of nitrogens with zero attached hydrogens (tertiary/aromatic N) is 2. The van der Waals surface area contributed by atoms with Gasteiger partial charge in [0.2, 0.25) is 0 Å². The molecule has 7 heteroatoms. The van der Waals surface area contributed by atoms with Crippen LogP contribution < -0.4 is 9.64 Å². The van der Waals surface area contributed by atoms with E-state index in [0.29, 0.717) is 13.2 Å². The second kappa shape index (κ2) is 11.9. The van der Waals surface area contributed by atoms with Crippen molar-refractivity contribution in [3.05, 3.63) is 58.1 Å². The van der Waals surface area contributed by atoms with Crippen LogP contribution in [0.25, 0.3) is 0 Å². The summed E-state index contributed by atoms with van der Waals surface area (Å²) in [6, 6.07) is 12.2. The molecule has 0 saturated carbocycles. The highest BCUT2D eigenvalue weighted by molar-refractivity contribution is 6.30. The van der Waals surface area contributed by atoms with Crippen LogP contribution in [-0.4, -0.2) is 55.4 Å². The van der Waals surface area contributed by atoms with Gasteiger partial charge in [0.05, 0.1) is 0 Å². The molecule has 4 nitrogen and oxygen atoms in total. The lowest BCUT2D eigenvalue weighted by molar-refractivity contribution is 0.0660. The first-order chi connectivity index (χ1) is 12.9. The largest absolute Gasteiger partial charge is 0.491 e. The molecule has 1 aliphatic heterocycles. The summed E-state index contributed by atoms with van der Waals surface area (Å²) in [6.07, 6.45) is -0.496. The molecule has 0 amide bonds. The molecule has 2 aromatic carbocycles. The third kappa shape index (κ3) is 7.23. The number of hydrogen-bond donors (Lipinski definition) is 1. The van der Waals surface area contributed by atoms with Gasteiger partial charge in [-0.1, -0.05) is 29.8 Å². The number of benzene rings is 2. The maximum Gasteiger partial charge on any atom is 0.122 e. The van der Waals surface area contributed by atoms with Crippen LogP contribution in [0.1, 0.15) is 16.7 Å². The number of piperazine rings is 1. The monoisotopic (exact) mass is 460 g/mol. The van der Waals surface area contributed by atoms with Gasteiger partial charge in [-0.15, -0.1) is 24.8 Å². The van der Waals surface area contributed by atoms with Crippen LogP contribution in [0.15, 0.2) is 36.4 Å². The lowest BCUT2D eigenvalue weighted by atomic mass is 10.1. The number of rotatable bonds is 6. The minimum absolute atomic E-state index is 0. The highest BCUT2D eigenvalue weighted by atomic mass is 35.5. The highest BCUT2D eigenvalue weighted by Crippen LogP contribution is 2.25. The van der Waals surface area contributed by atoms with Gasteiger partial charge in [0.25, 0.3) is 0 Å². The summed E-state index contributed by atoms with van der Waals surface area (Å²) in [5.41, 5.74) is 4.71. The first kappa shape index (κ1) is 25.9. The number of halogens is 3. The number of anilines is 1. The molecule has 1 aliphatic rings. The van der Waals surface area contributed by atoms with E-state index in [9.17, 15) is 5.11 Å². The van der Waals surface area contributed by atoms with E-state index >= 15 is 0 Å². The lowest BCUT2D eigenvalue weighted by Gasteiger charge is -2.37. The summed E-state index contributed by atoms with van der Waals surface area (Å²) >= 11 is 6.16. The van der Waals surface area contributed by atoms with Crippen molar-refractivity contribution in [3.63, 3.8) is 0 Å². The van der Waals surface area contributed by atoms with Gasteiger partial charge in [0.15, 0.2) is 0 Å². The zero-order valence-corrected chi connectivity index (χ0v) is 19.6. The minimum atomic E-state index is -0.496.